The number of hydrogen-bond acceptors (Lipinski definition) is 2. The second-order valence-electron chi connectivity index (χ2n) is 4.63. The third kappa shape index (κ3) is 1.61. The molecule has 0 aromatic carbocycles. The highest BCUT2D eigenvalue weighted by molar-refractivity contribution is 5.18. The number of nitrogens with zero attached hydrogens (tertiary/aromatic N) is 2. The van der Waals surface area contributed by atoms with Gasteiger partial charge in [0.05, 0.1) is 0 Å². The van der Waals surface area contributed by atoms with Crippen LogP contribution >= 0.6 is 0 Å². The summed E-state index contributed by atoms with van der Waals surface area (Å²) in [6.07, 6.45) is 4.08. The zero-order valence-electron chi connectivity index (χ0n) is 8.52. The number of aromatic amines is 1. The Morgan fingerprint density at radius 3 is 2.92 bits per heavy atom. The zero-order chi connectivity index (χ0) is 9.47. The maximum Gasteiger partial charge on any atom is 0.117 e. The van der Waals surface area contributed by atoms with Crippen LogP contribution in [-0.2, 0) is 13.0 Å². The Hall–Kier alpha value is -0.830. The molecule has 13 heavy (non-hydrogen) atoms. The Kier molecular flexibility index (Phi) is 1.91. The molecule has 71 valence electrons. The van der Waals surface area contributed by atoms with Crippen molar-refractivity contribution in [2.75, 3.05) is 6.54 Å². The molecule has 1 aliphatic heterocycles. The molecule has 3 nitrogen and oxygen atoms in total. The fourth-order valence-corrected chi connectivity index (χ4v) is 1.72. The van der Waals surface area contributed by atoms with Gasteiger partial charge in [-0.2, -0.15) is 5.10 Å². The molecule has 0 fully saturated rings. The second-order valence-corrected chi connectivity index (χ2v) is 4.63. The summed E-state index contributed by atoms with van der Waals surface area (Å²) in [4.78, 5) is 2.46. The summed E-state index contributed by atoms with van der Waals surface area (Å²) >= 11 is 0. The Labute approximate surface area is 79.1 Å². The molecule has 0 unspecified atom stereocenters. The summed E-state index contributed by atoms with van der Waals surface area (Å²) in [5.41, 5.74) is 2.75. The van der Waals surface area contributed by atoms with Crippen molar-refractivity contribution in [1.82, 2.24) is 15.1 Å². The number of aromatic nitrogens is 2. The van der Waals surface area contributed by atoms with Gasteiger partial charge in [0.15, 0.2) is 0 Å². The Balaban J connectivity index is 2.18. The van der Waals surface area contributed by atoms with Crippen molar-refractivity contribution in [2.45, 2.75) is 39.3 Å². The van der Waals surface area contributed by atoms with Crippen LogP contribution < -0.4 is 0 Å². The molecule has 2 heterocycles. The molecule has 0 amide bonds. The standard InChI is InChI=1S/C10H16N3/c1-10(2,3)13-5-4-9-8(7-13)6-11-12-9/h4-5,7H2,1-3H3,(H,11,12). The van der Waals surface area contributed by atoms with Crippen LogP contribution in [0.5, 0.6) is 0 Å². The van der Waals surface area contributed by atoms with E-state index >= 15 is 0 Å². The molecule has 0 bridgehead atoms. The van der Waals surface area contributed by atoms with Crippen molar-refractivity contribution in [3.05, 3.63) is 17.5 Å². The lowest BCUT2D eigenvalue weighted by atomic mass is 10.00. The molecule has 0 spiro atoms. The summed E-state index contributed by atoms with van der Waals surface area (Å²) in [5, 5.41) is 6.94. The van der Waals surface area contributed by atoms with E-state index in [4.69, 9.17) is 0 Å². The van der Waals surface area contributed by atoms with Crippen molar-refractivity contribution in [2.24, 2.45) is 0 Å². The molecule has 0 saturated heterocycles. The van der Waals surface area contributed by atoms with Crippen LogP contribution in [0.25, 0.3) is 0 Å². The van der Waals surface area contributed by atoms with Gasteiger partial charge in [-0.15, -0.1) is 0 Å². The Bertz CT molecular complexity index is 295. The minimum atomic E-state index is 0.253. The number of rotatable bonds is 0. The van der Waals surface area contributed by atoms with E-state index in [1.165, 1.54) is 11.3 Å². The summed E-state index contributed by atoms with van der Waals surface area (Å²) in [5.74, 6) is 0. The number of hydrogen-bond donors (Lipinski definition) is 1. The molecule has 1 aromatic rings. The molecule has 0 atom stereocenters. The van der Waals surface area contributed by atoms with Gasteiger partial charge in [-0.3, -0.25) is 10.00 Å². The summed E-state index contributed by atoms with van der Waals surface area (Å²) < 4.78 is 0. The van der Waals surface area contributed by atoms with Crippen LogP contribution in [-0.4, -0.2) is 27.2 Å². The lowest BCUT2D eigenvalue weighted by molar-refractivity contribution is 0.120. The van der Waals surface area contributed by atoms with Gasteiger partial charge in [0.25, 0.3) is 0 Å². The first-order valence-electron chi connectivity index (χ1n) is 4.76. The van der Waals surface area contributed by atoms with Crippen LogP contribution in [0.1, 0.15) is 32.0 Å². The molecule has 1 aliphatic rings. The first-order chi connectivity index (χ1) is 6.07. The molecule has 1 radical (unpaired) electrons. The van der Waals surface area contributed by atoms with Crippen molar-refractivity contribution >= 4 is 0 Å². The predicted octanol–water partition coefficient (Wildman–Crippen LogP) is 1.37. The summed E-state index contributed by atoms with van der Waals surface area (Å²) in [7, 11) is 0. The third-order valence-electron chi connectivity index (χ3n) is 2.68. The first-order valence-corrected chi connectivity index (χ1v) is 4.76. The average molecular weight is 178 g/mol. The van der Waals surface area contributed by atoms with Gasteiger partial charge in [0.1, 0.15) is 6.20 Å². The van der Waals surface area contributed by atoms with Gasteiger partial charge in [0, 0.05) is 36.3 Å². The van der Waals surface area contributed by atoms with E-state index in [1.54, 1.807) is 0 Å². The summed E-state index contributed by atoms with van der Waals surface area (Å²) in [6, 6.07) is 0. The van der Waals surface area contributed by atoms with Crippen LogP contribution in [0.15, 0.2) is 0 Å². The van der Waals surface area contributed by atoms with Crippen molar-refractivity contribution in [3.8, 4) is 0 Å². The topological polar surface area (TPSA) is 31.9 Å². The van der Waals surface area contributed by atoms with Crippen molar-refractivity contribution in [1.29, 1.82) is 0 Å². The van der Waals surface area contributed by atoms with Gasteiger partial charge in [-0.1, -0.05) is 0 Å². The predicted molar refractivity (Wildman–Crippen MR) is 51.3 cm³/mol. The van der Waals surface area contributed by atoms with Crippen molar-refractivity contribution in [3.63, 3.8) is 0 Å². The fraction of sp³-hybridized carbons (Fsp3) is 0.700. The molecular formula is C10H16N3. The van der Waals surface area contributed by atoms with E-state index in [0.717, 1.165) is 19.5 Å². The van der Waals surface area contributed by atoms with E-state index in [0.29, 0.717) is 0 Å². The normalized spacial score (nSPS) is 18.7. The number of H-pyrrole nitrogens is 1. The van der Waals surface area contributed by atoms with Crippen LogP contribution in [0.4, 0.5) is 0 Å². The molecule has 2 rings (SSSR count). The first kappa shape index (κ1) is 8.75. The highest BCUT2D eigenvalue weighted by Gasteiger charge is 2.26. The molecular weight excluding hydrogens is 162 g/mol. The lowest BCUT2D eigenvalue weighted by Gasteiger charge is -2.37. The van der Waals surface area contributed by atoms with Gasteiger partial charge < -0.3 is 0 Å². The highest BCUT2D eigenvalue weighted by atomic mass is 15.2. The van der Waals surface area contributed by atoms with Gasteiger partial charge in [-0.25, -0.2) is 0 Å². The van der Waals surface area contributed by atoms with Crippen LogP contribution in [0.2, 0.25) is 0 Å². The summed E-state index contributed by atoms with van der Waals surface area (Å²) in [6.45, 7) is 8.84. The smallest absolute Gasteiger partial charge is 0.117 e. The third-order valence-corrected chi connectivity index (χ3v) is 2.68. The monoisotopic (exact) mass is 178 g/mol. The van der Waals surface area contributed by atoms with Gasteiger partial charge in [0.2, 0.25) is 0 Å². The van der Waals surface area contributed by atoms with E-state index in [1.807, 2.05) is 0 Å². The average Bonchev–Trinajstić information content (AvgIpc) is 2.47. The maximum atomic E-state index is 3.94. The zero-order valence-corrected chi connectivity index (χ0v) is 8.52. The van der Waals surface area contributed by atoms with E-state index in [9.17, 15) is 0 Å². The van der Waals surface area contributed by atoms with Gasteiger partial charge in [-0.05, 0) is 20.8 Å². The quantitative estimate of drug-likeness (QED) is 0.650. The van der Waals surface area contributed by atoms with E-state index < -0.39 is 0 Å². The Morgan fingerprint density at radius 2 is 2.23 bits per heavy atom. The molecule has 0 aliphatic carbocycles. The molecule has 0 saturated carbocycles. The van der Waals surface area contributed by atoms with Crippen LogP contribution in [0, 0.1) is 6.20 Å². The fourth-order valence-electron chi connectivity index (χ4n) is 1.72. The number of fused-ring (bicyclic) bond motifs is 1. The minimum absolute atomic E-state index is 0.253. The minimum Gasteiger partial charge on any atom is -0.294 e. The van der Waals surface area contributed by atoms with Crippen molar-refractivity contribution < 1.29 is 0 Å². The molecule has 3 heteroatoms. The van der Waals surface area contributed by atoms with Crippen LogP contribution in [0.3, 0.4) is 0 Å². The van der Waals surface area contributed by atoms with Gasteiger partial charge >= 0.3 is 0 Å². The highest BCUT2D eigenvalue weighted by Crippen LogP contribution is 2.22. The van der Waals surface area contributed by atoms with E-state index in [-0.39, 0.29) is 5.54 Å². The second kappa shape index (κ2) is 2.84. The maximum absolute atomic E-state index is 3.94. The lowest BCUT2D eigenvalue weighted by Crippen LogP contribution is -2.44. The van der Waals surface area contributed by atoms with E-state index in [2.05, 4.69) is 42.1 Å². The molecule has 1 aromatic heterocycles. The molecule has 1 N–H and O–H groups in total. The largest absolute Gasteiger partial charge is 0.294 e. The SMILES string of the molecule is CC(C)(C)N1CCc2[nH]n[c]c2C1. The Morgan fingerprint density at radius 1 is 1.46 bits per heavy atom. The number of nitrogens with one attached hydrogen (secondary N) is 1.